The van der Waals surface area contributed by atoms with E-state index in [0.717, 1.165) is 10.5 Å². The number of allylic oxidation sites excluding steroid dienone is 2. The molecule has 0 aliphatic rings. The number of carbonyl (C=O) groups is 1. The van der Waals surface area contributed by atoms with Gasteiger partial charge < -0.3 is 15.8 Å². The Labute approximate surface area is 163 Å². The van der Waals surface area contributed by atoms with E-state index in [1.54, 1.807) is 0 Å². The molecule has 27 heavy (non-hydrogen) atoms. The van der Waals surface area contributed by atoms with Crippen molar-refractivity contribution >= 4 is 17.7 Å². The first-order valence-corrected chi connectivity index (χ1v) is 9.19. The lowest BCUT2D eigenvalue weighted by atomic mass is 10.0. The molecule has 0 aromatic heterocycles. The summed E-state index contributed by atoms with van der Waals surface area (Å²) in [6, 6.07) is 7.30. The molecule has 0 aliphatic carbocycles. The predicted octanol–water partition coefficient (Wildman–Crippen LogP) is 4.01. The minimum atomic E-state index is -0.339. The summed E-state index contributed by atoms with van der Waals surface area (Å²) in [5, 5.41) is 6.58. The van der Waals surface area contributed by atoms with Gasteiger partial charge in [0.1, 0.15) is 5.75 Å². The first-order chi connectivity index (χ1) is 12.9. The summed E-state index contributed by atoms with van der Waals surface area (Å²) in [6.07, 6.45) is 2.65. The highest BCUT2D eigenvalue weighted by Gasteiger charge is 2.16. The van der Waals surface area contributed by atoms with Gasteiger partial charge in [-0.3, -0.25) is 4.79 Å². The van der Waals surface area contributed by atoms with Gasteiger partial charge in [0.05, 0.1) is 17.6 Å². The van der Waals surface area contributed by atoms with Crippen LogP contribution in [0.1, 0.15) is 38.2 Å². The third-order valence-corrected chi connectivity index (χ3v) is 4.44. The standard InChI is InChI=1S/C19H26FN3O3S/c1-13(23-26-20)6-5-11-25-18-9-7-17(8-10-18)15(3)19(24)22-16(4)27-14(2)12-21/h7-10,12,15,23H,1,4-6,11,21H2,2-3H3,(H,22,24)/b14-12-. The first kappa shape index (κ1) is 22.6. The summed E-state index contributed by atoms with van der Waals surface area (Å²) < 4.78 is 17.2. The van der Waals surface area contributed by atoms with Crippen LogP contribution in [-0.2, 0) is 9.84 Å². The number of hydrogen-bond acceptors (Lipinski definition) is 6. The van der Waals surface area contributed by atoms with Crippen LogP contribution >= 0.6 is 11.8 Å². The van der Waals surface area contributed by atoms with Crippen LogP contribution in [0, 0.1) is 0 Å². The molecule has 0 heterocycles. The van der Waals surface area contributed by atoms with Crippen LogP contribution in [-0.4, -0.2) is 12.5 Å². The van der Waals surface area contributed by atoms with Gasteiger partial charge in [0.15, 0.2) is 0 Å². The van der Waals surface area contributed by atoms with Gasteiger partial charge >= 0.3 is 0 Å². The molecule has 1 atom stereocenters. The van der Waals surface area contributed by atoms with Gasteiger partial charge in [-0.2, -0.15) is 0 Å². The summed E-state index contributed by atoms with van der Waals surface area (Å²) in [4.78, 5) is 13.2. The fraction of sp³-hybridized carbons (Fsp3) is 0.316. The van der Waals surface area contributed by atoms with E-state index in [-0.39, 0.29) is 11.8 Å². The Morgan fingerprint density at radius 2 is 2.04 bits per heavy atom. The molecule has 0 saturated carbocycles. The van der Waals surface area contributed by atoms with Gasteiger partial charge in [-0.1, -0.05) is 42.1 Å². The van der Waals surface area contributed by atoms with Gasteiger partial charge in [0, 0.05) is 16.8 Å². The average Bonchev–Trinajstić information content (AvgIpc) is 2.65. The molecule has 0 fully saturated rings. The summed E-state index contributed by atoms with van der Waals surface area (Å²) in [5.41, 5.74) is 8.74. The normalized spacial score (nSPS) is 12.2. The SMILES string of the molecule is C=C(CCCOc1ccc(C(C)C(=O)NC(=C)S/C(C)=C\N)cc1)NOF. The largest absolute Gasteiger partial charge is 0.494 e. The van der Waals surface area contributed by atoms with E-state index in [2.05, 4.69) is 23.5 Å². The van der Waals surface area contributed by atoms with Crippen molar-refractivity contribution in [1.82, 2.24) is 10.8 Å². The lowest BCUT2D eigenvalue weighted by Gasteiger charge is -2.14. The monoisotopic (exact) mass is 395 g/mol. The zero-order valence-corrected chi connectivity index (χ0v) is 16.4. The number of hydrogen-bond donors (Lipinski definition) is 3. The van der Waals surface area contributed by atoms with E-state index in [1.807, 2.05) is 43.6 Å². The van der Waals surface area contributed by atoms with E-state index in [9.17, 15) is 9.32 Å². The number of ether oxygens (including phenoxy) is 1. The molecule has 0 bridgehead atoms. The topological polar surface area (TPSA) is 85.6 Å². The van der Waals surface area contributed by atoms with E-state index < -0.39 is 0 Å². The van der Waals surface area contributed by atoms with Gasteiger partial charge in [-0.25, -0.2) is 5.48 Å². The van der Waals surface area contributed by atoms with Crippen molar-refractivity contribution in [2.75, 3.05) is 6.61 Å². The zero-order valence-electron chi connectivity index (χ0n) is 15.6. The molecule has 1 rings (SSSR count). The van der Waals surface area contributed by atoms with Crippen molar-refractivity contribution in [2.24, 2.45) is 5.73 Å². The van der Waals surface area contributed by atoms with Crippen LogP contribution < -0.4 is 21.3 Å². The number of rotatable bonds is 12. The number of nitrogens with two attached hydrogens (primary N) is 1. The highest BCUT2D eigenvalue weighted by molar-refractivity contribution is 8.06. The fourth-order valence-corrected chi connectivity index (χ4v) is 2.69. The van der Waals surface area contributed by atoms with Gasteiger partial charge in [0.25, 0.3) is 0 Å². The Kier molecular flexibility index (Phi) is 10.1. The van der Waals surface area contributed by atoms with E-state index in [4.69, 9.17) is 10.5 Å². The molecule has 4 N–H and O–H groups in total. The number of halogens is 1. The number of amides is 1. The molecule has 1 unspecified atom stereocenters. The second-order valence-corrected chi connectivity index (χ2v) is 7.16. The molecule has 1 aromatic carbocycles. The molecule has 148 valence electrons. The maximum Gasteiger partial charge on any atom is 0.232 e. The van der Waals surface area contributed by atoms with Crippen LogP contribution in [0.3, 0.4) is 0 Å². The maximum absolute atomic E-state index is 12.3. The maximum atomic E-state index is 12.3. The Balaban J connectivity index is 2.46. The lowest BCUT2D eigenvalue weighted by molar-refractivity contribution is -0.181. The summed E-state index contributed by atoms with van der Waals surface area (Å²) >= 11 is 1.31. The molecule has 6 nitrogen and oxygen atoms in total. The average molecular weight is 396 g/mol. The van der Waals surface area contributed by atoms with E-state index >= 15 is 0 Å². The van der Waals surface area contributed by atoms with Crippen molar-refractivity contribution in [3.63, 3.8) is 0 Å². The van der Waals surface area contributed by atoms with Crippen LogP contribution in [0.5, 0.6) is 5.75 Å². The first-order valence-electron chi connectivity index (χ1n) is 8.37. The fourth-order valence-electron chi connectivity index (χ4n) is 2.08. The van der Waals surface area contributed by atoms with Gasteiger partial charge in [0.2, 0.25) is 5.91 Å². The molecular weight excluding hydrogens is 369 g/mol. The molecular formula is C19H26FN3O3S. The minimum Gasteiger partial charge on any atom is -0.494 e. The van der Waals surface area contributed by atoms with E-state index in [1.165, 1.54) is 18.0 Å². The second-order valence-electron chi connectivity index (χ2n) is 5.82. The Hall–Kier alpha value is -2.45. The number of nitrogens with one attached hydrogen (secondary N) is 2. The number of hydroxylamine groups is 1. The zero-order chi connectivity index (χ0) is 20.2. The highest BCUT2D eigenvalue weighted by Crippen LogP contribution is 2.23. The van der Waals surface area contributed by atoms with Crippen LogP contribution in [0.4, 0.5) is 4.53 Å². The smallest absolute Gasteiger partial charge is 0.232 e. The lowest BCUT2D eigenvalue weighted by Crippen LogP contribution is -2.26. The minimum absolute atomic E-state index is 0.146. The van der Waals surface area contributed by atoms with Crippen LogP contribution in [0.15, 0.2) is 59.3 Å². The molecule has 0 aliphatic heterocycles. The summed E-state index contributed by atoms with van der Waals surface area (Å²) in [7, 11) is 0. The third-order valence-electron chi connectivity index (χ3n) is 3.63. The molecule has 1 amide bonds. The van der Waals surface area contributed by atoms with E-state index in [0.29, 0.717) is 35.9 Å². The van der Waals surface area contributed by atoms with Crippen molar-refractivity contribution in [3.8, 4) is 5.75 Å². The van der Waals surface area contributed by atoms with Crippen LogP contribution in [0.2, 0.25) is 0 Å². The molecule has 0 spiro atoms. The molecule has 0 radical (unpaired) electrons. The summed E-state index contributed by atoms with van der Waals surface area (Å²) in [6.45, 7) is 11.5. The molecule has 1 aromatic rings. The summed E-state index contributed by atoms with van der Waals surface area (Å²) in [5.74, 6) is 0.205. The van der Waals surface area contributed by atoms with Crippen LogP contribution in [0.25, 0.3) is 0 Å². The number of benzene rings is 1. The van der Waals surface area contributed by atoms with Crippen molar-refractivity contribution in [1.29, 1.82) is 0 Å². The van der Waals surface area contributed by atoms with Gasteiger partial charge in [-0.15, -0.1) is 0 Å². The Morgan fingerprint density at radius 1 is 1.37 bits per heavy atom. The highest BCUT2D eigenvalue weighted by atomic mass is 32.2. The predicted molar refractivity (Wildman–Crippen MR) is 107 cm³/mol. The third kappa shape index (κ3) is 8.65. The van der Waals surface area contributed by atoms with Gasteiger partial charge in [-0.05, 0) is 48.9 Å². The van der Waals surface area contributed by atoms with Crippen molar-refractivity contribution in [2.45, 2.75) is 32.6 Å². The van der Waals surface area contributed by atoms with Crippen molar-refractivity contribution < 1.29 is 19.1 Å². The second kappa shape index (κ2) is 12.0. The molecule has 0 saturated heterocycles. The Morgan fingerprint density at radius 3 is 2.63 bits per heavy atom. The Bertz CT molecular complexity index is 677. The van der Waals surface area contributed by atoms with Crippen molar-refractivity contribution in [3.05, 3.63) is 64.8 Å². The number of carbonyl (C=O) groups excluding carboxylic acids is 1. The quantitative estimate of drug-likeness (QED) is 0.366. The number of thioether (sulfide) groups is 1. The molecule has 8 heteroatoms.